The van der Waals surface area contributed by atoms with Gasteiger partial charge in [0.15, 0.2) is 0 Å². The van der Waals surface area contributed by atoms with E-state index in [4.69, 9.17) is 0 Å². The molecule has 2 aromatic carbocycles. The number of rotatable bonds is 3. The zero-order valence-corrected chi connectivity index (χ0v) is 9.49. The van der Waals surface area contributed by atoms with E-state index in [9.17, 15) is 8.42 Å². The Bertz CT molecular complexity index is 602. The Kier molecular flexibility index (Phi) is 2.91. The lowest BCUT2D eigenvalue weighted by Crippen LogP contribution is -2.16. The minimum absolute atomic E-state index is 0.167. The third kappa shape index (κ3) is 1.92. The lowest BCUT2D eigenvalue weighted by molar-refractivity contribution is 0.231. The molecule has 0 aliphatic rings. The molecule has 2 rings (SSSR count). The van der Waals surface area contributed by atoms with Crippen LogP contribution in [0.25, 0.3) is 10.8 Å². The highest BCUT2D eigenvalue weighted by Gasteiger charge is 2.17. The number of nitrogens with one attached hydrogen (secondary N) is 1. The summed E-state index contributed by atoms with van der Waals surface area (Å²) in [5, 5.41) is 1.52. The summed E-state index contributed by atoms with van der Waals surface area (Å²) >= 11 is 0. The van der Waals surface area contributed by atoms with Gasteiger partial charge in [-0.3, -0.25) is 0 Å². The molecule has 0 radical (unpaired) electrons. The highest BCUT2D eigenvalue weighted by Crippen LogP contribution is 2.23. The van der Waals surface area contributed by atoms with E-state index in [-0.39, 0.29) is 4.90 Å². The standard InChI is InChI=1S/C11H11NO3S/c1-12-15-16(13,14)11-8-4-6-9-5-2-3-7-10(9)11/h2-8,12H,1H3. The normalized spacial score (nSPS) is 11.8. The molecule has 0 aromatic heterocycles. The minimum Gasteiger partial charge on any atom is -0.192 e. The van der Waals surface area contributed by atoms with Crippen molar-refractivity contribution in [1.29, 1.82) is 0 Å². The van der Waals surface area contributed by atoms with E-state index in [1.54, 1.807) is 18.2 Å². The number of benzene rings is 2. The number of hydrogen-bond acceptors (Lipinski definition) is 4. The van der Waals surface area contributed by atoms with Gasteiger partial charge in [-0.05, 0) is 11.5 Å². The van der Waals surface area contributed by atoms with E-state index in [2.05, 4.69) is 9.76 Å². The van der Waals surface area contributed by atoms with Crippen molar-refractivity contribution in [2.45, 2.75) is 4.90 Å². The molecule has 0 saturated heterocycles. The second-order valence-electron chi connectivity index (χ2n) is 3.22. The number of hydroxylamine groups is 1. The summed E-state index contributed by atoms with van der Waals surface area (Å²) in [6.07, 6.45) is 0. The maximum Gasteiger partial charge on any atom is 0.313 e. The molecule has 5 heteroatoms. The molecule has 84 valence electrons. The SMILES string of the molecule is CNOS(=O)(=O)c1cccc2ccccc12. The van der Waals surface area contributed by atoms with Gasteiger partial charge in [0, 0.05) is 12.4 Å². The number of hydrogen-bond donors (Lipinski definition) is 1. The van der Waals surface area contributed by atoms with Crippen LogP contribution in [0, 0.1) is 0 Å². The van der Waals surface area contributed by atoms with E-state index < -0.39 is 10.1 Å². The molecule has 16 heavy (non-hydrogen) atoms. The second-order valence-corrected chi connectivity index (χ2v) is 4.73. The van der Waals surface area contributed by atoms with Gasteiger partial charge >= 0.3 is 10.1 Å². The fourth-order valence-electron chi connectivity index (χ4n) is 1.57. The molecule has 0 heterocycles. The average molecular weight is 237 g/mol. The van der Waals surface area contributed by atoms with Crippen molar-refractivity contribution in [2.75, 3.05) is 7.05 Å². The quantitative estimate of drug-likeness (QED) is 0.825. The van der Waals surface area contributed by atoms with Crippen LogP contribution in [-0.2, 0) is 14.4 Å². The summed E-state index contributed by atoms with van der Waals surface area (Å²) in [6.45, 7) is 0. The first kappa shape index (κ1) is 11.1. The van der Waals surface area contributed by atoms with Crippen LogP contribution < -0.4 is 5.48 Å². The van der Waals surface area contributed by atoms with Crippen LogP contribution in [0.1, 0.15) is 0 Å². The Hall–Kier alpha value is -1.43. The molecule has 2 aromatic rings. The predicted molar refractivity (Wildman–Crippen MR) is 61.3 cm³/mol. The fourth-order valence-corrected chi connectivity index (χ4v) is 2.58. The molecule has 4 nitrogen and oxygen atoms in total. The minimum atomic E-state index is -3.75. The Labute approximate surface area is 93.9 Å². The lowest BCUT2D eigenvalue weighted by atomic mass is 10.1. The molecular weight excluding hydrogens is 226 g/mol. The van der Waals surface area contributed by atoms with Crippen LogP contribution in [0.3, 0.4) is 0 Å². The zero-order chi connectivity index (χ0) is 11.6. The monoisotopic (exact) mass is 237 g/mol. The van der Waals surface area contributed by atoms with Gasteiger partial charge in [-0.25, -0.2) is 0 Å². The van der Waals surface area contributed by atoms with Crippen molar-refractivity contribution in [3.63, 3.8) is 0 Å². The molecule has 0 amide bonds. The molecule has 1 N–H and O–H groups in total. The third-order valence-corrected chi connectivity index (χ3v) is 3.49. The summed E-state index contributed by atoms with van der Waals surface area (Å²) in [5.41, 5.74) is 2.18. The van der Waals surface area contributed by atoms with Crippen molar-refractivity contribution in [3.05, 3.63) is 42.5 Å². The molecular formula is C11H11NO3S. The Morgan fingerprint density at radius 2 is 1.75 bits per heavy atom. The van der Waals surface area contributed by atoms with Crippen molar-refractivity contribution >= 4 is 20.9 Å². The molecule has 0 aliphatic carbocycles. The van der Waals surface area contributed by atoms with E-state index in [0.29, 0.717) is 5.39 Å². The molecule has 0 bridgehead atoms. The largest absolute Gasteiger partial charge is 0.313 e. The van der Waals surface area contributed by atoms with Gasteiger partial charge in [-0.1, -0.05) is 36.4 Å². The third-order valence-electron chi connectivity index (χ3n) is 2.21. The van der Waals surface area contributed by atoms with E-state index >= 15 is 0 Å². The Morgan fingerprint density at radius 1 is 1.06 bits per heavy atom. The Morgan fingerprint density at radius 3 is 2.50 bits per heavy atom. The van der Waals surface area contributed by atoms with E-state index in [0.717, 1.165) is 5.39 Å². The number of fused-ring (bicyclic) bond motifs is 1. The van der Waals surface area contributed by atoms with Crippen LogP contribution in [0.15, 0.2) is 47.4 Å². The summed E-state index contributed by atoms with van der Waals surface area (Å²) in [7, 11) is -2.34. The molecule has 0 unspecified atom stereocenters. The maximum absolute atomic E-state index is 11.8. The molecule has 0 aliphatic heterocycles. The van der Waals surface area contributed by atoms with Crippen molar-refractivity contribution in [2.24, 2.45) is 0 Å². The van der Waals surface area contributed by atoms with Gasteiger partial charge < -0.3 is 0 Å². The summed E-state index contributed by atoms with van der Waals surface area (Å²) < 4.78 is 28.1. The first-order valence-electron chi connectivity index (χ1n) is 4.73. The van der Waals surface area contributed by atoms with Gasteiger partial charge in [-0.2, -0.15) is 18.2 Å². The van der Waals surface area contributed by atoms with Crippen LogP contribution >= 0.6 is 0 Å². The van der Waals surface area contributed by atoms with Gasteiger partial charge in [0.25, 0.3) is 0 Å². The van der Waals surface area contributed by atoms with Crippen LogP contribution in [0.5, 0.6) is 0 Å². The summed E-state index contributed by atoms with van der Waals surface area (Å²) in [4.78, 5) is 0.167. The fraction of sp³-hybridized carbons (Fsp3) is 0.0909. The first-order valence-corrected chi connectivity index (χ1v) is 6.14. The van der Waals surface area contributed by atoms with Crippen LogP contribution in [0.2, 0.25) is 0 Å². The van der Waals surface area contributed by atoms with E-state index in [1.165, 1.54) is 13.1 Å². The second kappa shape index (κ2) is 4.21. The van der Waals surface area contributed by atoms with Gasteiger partial charge in [0.05, 0.1) is 0 Å². The first-order chi connectivity index (χ1) is 7.65. The topological polar surface area (TPSA) is 55.4 Å². The van der Waals surface area contributed by atoms with Crippen molar-refractivity contribution in [3.8, 4) is 0 Å². The van der Waals surface area contributed by atoms with Crippen molar-refractivity contribution in [1.82, 2.24) is 5.48 Å². The summed E-state index contributed by atoms with van der Waals surface area (Å²) in [6, 6.07) is 12.3. The Balaban J connectivity index is 2.70. The van der Waals surface area contributed by atoms with E-state index in [1.807, 2.05) is 18.2 Å². The van der Waals surface area contributed by atoms with Gasteiger partial charge in [0.2, 0.25) is 0 Å². The smallest absolute Gasteiger partial charge is 0.192 e. The molecule has 0 spiro atoms. The van der Waals surface area contributed by atoms with Crippen LogP contribution in [-0.4, -0.2) is 15.5 Å². The maximum atomic E-state index is 11.8. The average Bonchev–Trinajstić information content (AvgIpc) is 2.28. The van der Waals surface area contributed by atoms with Gasteiger partial charge in [0.1, 0.15) is 4.90 Å². The van der Waals surface area contributed by atoms with Gasteiger partial charge in [-0.15, -0.1) is 0 Å². The molecule has 0 fully saturated rings. The predicted octanol–water partition coefficient (Wildman–Crippen LogP) is 1.68. The van der Waals surface area contributed by atoms with Crippen LogP contribution in [0.4, 0.5) is 0 Å². The highest BCUT2D eigenvalue weighted by atomic mass is 32.2. The van der Waals surface area contributed by atoms with Crippen molar-refractivity contribution < 1.29 is 12.7 Å². The lowest BCUT2D eigenvalue weighted by Gasteiger charge is -2.06. The summed E-state index contributed by atoms with van der Waals surface area (Å²) in [5.74, 6) is 0. The zero-order valence-electron chi connectivity index (χ0n) is 8.67. The molecule has 0 atom stereocenters. The molecule has 0 saturated carbocycles. The highest BCUT2D eigenvalue weighted by molar-refractivity contribution is 7.87.